The van der Waals surface area contributed by atoms with Gasteiger partial charge in [-0.05, 0) is 50.4 Å². The molecule has 1 aromatic rings. The van der Waals surface area contributed by atoms with Crippen molar-refractivity contribution in [1.29, 1.82) is 0 Å². The van der Waals surface area contributed by atoms with Crippen molar-refractivity contribution in [1.82, 2.24) is 10.6 Å². The Kier molecular flexibility index (Phi) is 7.82. The Morgan fingerprint density at radius 3 is 2.81 bits per heavy atom. The normalized spacial score (nSPS) is 19.5. The Morgan fingerprint density at radius 1 is 1.43 bits per heavy atom. The van der Waals surface area contributed by atoms with Crippen molar-refractivity contribution in [3.05, 3.63) is 33.8 Å². The van der Waals surface area contributed by atoms with E-state index < -0.39 is 0 Å². The van der Waals surface area contributed by atoms with E-state index in [9.17, 15) is 4.79 Å². The summed E-state index contributed by atoms with van der Waals surface area (Å²) in [6.07, 6.45) is 3.89. The largest absolute Gasteiger partial charge is 0.352 e. The summed E-state index contributed by atoms with van der Waals surface area (Å²) in [7, 11) is 0. The lowest BCUT2D eigenvalue weighted by atomic mass is 10.0. The van der Waals surface area contributed by atoms with Gasteiger partial charge in [0.1, 0.15) is 0 Å². The molecular weight excluding hydrogens is 331 g/mol. The van der Waals surface area contributed by atoms with Crippen LogP contribution in [-0.2, 0) is 11.2 Å². The molecule has 2 rings (SSSR count). The number of rotatable bonds is 4. The van der Waals surface area contributed by atoms with Crippen LogP contribution in [0.25, 0.3) is 0 Å². The van der Waals surface area contributed by atoms with Crippen LogP contribution in [0.5, 0.6) is 0 Å². The van der Waals surface area contributed by atoms with Crippen molar-refractivity contribution < 1.29 is 4.79 Å². The summed E-state index contributed by atoms with van der Waals surface area (Å²) in [5.41, 5.74) is 1.00. The highest BCUT2D eigenvalue weighted by Crippen LogP contribution is 2.22. The first kappa shape index (κ1) is 18.6. The molecule has 1 aliphatic heterocycles. The monoisotopic (exact) mass is 350 g/mol. The topological polar surface area (TPSA) is 41.1 Å². The third kappa shape index (κ3) is 5.67. The van der Waals surface area contributed by atoms with Crippen LogP contribution in [0.2, 0.25) is 10.0 Å². The van der Waals surface area contributed by atoms with Gasteiger partial charge in [-0.2, -0.15) is 0 Å². The van der Waals surface area contributed by atoms with Gasteiger partial charge in [-0.3, -0.25) is 4.79 Å². The predicted octanol–water partition coefficient (Wildman–Crippen LogP) is 3.60. The molecule has 0 spiro atoms. The predicted molar refractivity (Wildman–Crippen MR) is 90.7 cm³/mol. The fraction of sp³-hybridized carbons (Fsp3) is 0.533. The van der Waals surface area contributed by atoms with E-state index in [1.165, 1.54) is 0 Å². The van der Waals surface area contributed by atoms with Gasteiger partial charge >= 0.3 is 0 Å². The van der Waals surface area contributed by atoms with Crippen molar-refractivity contribution in [3.63, 3.8) is 0 Å². The summed E-state index contributed by atoms with van der Waals surface area (Å²) < 4.78 is 0. The molecule has 0 saturated carbocycles. The molecule has 0 aromatic heterocycles. The zero-order valence-electron chi connectivity index (χ0n) is 12.0. The van der Waals surface area contributed by atoms with Crippen molar-refractivity contribution in [2.75, 3.05) is 6.54 Å². The summed E-state index contributed by atoms with van der Waals surface area (Å²) in [4.78, 5) is 12.1. The SMILES string of the molecule is CC(Cc1ccc(Cl)cc1Cl)NC(=O)C1CCCCN1.Cl. The number of nitrogens with one attached hydrogen (secondary N) is 2. The van der Waals surface area contributed by atoms with Crippen LogP contribution >= 0.6 is 35.6 Å². The van der Waals surface area contributed by atoms with Gasteiger partial charge < -0.3 is 10.6 Å². The van der Waals surface area contributed by atoms with Crippen LogP contribution < -0.4 is 10.6 Å². The number of amides is 1. The minimum absolute atomic E-state index is 0. The van der Waals surface area contributed by atoms with Gasteiger partial charge in [-0.1, -0.05) is 35.7 Å². The number of piperidine rings is 1. The fourth-order valence-electron chi connectivity index (χ4n) is 2.49. The Labute approximate surface area is 142 Å². The van der Waals surface area contributed by atoms with Gasteiger partial charge in [0.25, 0.3) is 0 Å². The number of carbonyl (C=O) groups excluding carboxylic acids is 1. The highest BCUT2D eigenvalue weighted by Gasteiger charge is 2.21. The zero-order chi connectivity index (χ0) is 14.5. The second-order valence-electron chi connectivity index (χ2n) is 5.35. The quantitative estimate of drug-likeness (QED) is 0.870. The van der Waals surface area contributed by atoms with E-state index in [0.717, 1.165) is 31.4 Å². The molecule has 21 heavy (non-hydrogen) atoms. The van der Waals surface area contributed by atoms with E-state index in [0.29, 0.717) is 16.5 Å². The lowest BCUT2D eigenvalue weighted by molar-refractivity contribution is -0.124. The molecule has 1 aliphatic rings. The van der Waals surface area contributed by atoms with Crippen LogP contribution in [0.3, 0.4) is 0 Å². The van der Waals surface area contributed by atoms with Crippen molar-refractivity contribution >= 4 is 41.5 Å². The lowest BCUT2D eigenvalue weighted by Crippen LogP contribution is -2.49. The van der Waals surface area contributed by atoms with Gasteiger partial charge in [0.15, 0.2) is 0 Å². The lowest BCUT2D eigenvalue weighted by Gasteiger charge is -2.24. The highest BCUT2D eigenvalue weighted by atomic mass is 35.5. The first-order valence-electron chi connectivity index (χ1n) is 7.04. The molecule has 0 radical (unpaired) electrons. The molecule has 2 N–H and O–H groups in total. The average Bonchev–Trinajstić information content (AvgIpc) is 2.43. The molecule has 6 heteroatoms. The van der Waals surface area contributed by atoms with Crippen molar-refractivity contribution in [2.24, 2.45) is 0 Å². The molecular formula is C15H21Cl3N2O. The molecule has 0 bridgehead atoms. The van der Waals surface area contributed by atoms with E-state index >= 15 is 0 Å². The molecule has 3 nitrogen and oxygen atoms in total. The van der Waals surface area contributed by atoms with Crippen LogP contribution in [-0.4, -0.2) is 24.5 Å². The van der Waals surface area contributed by atoms with Crippen LogP contribution in [0.4, 0.5) is 0 Å². The zero-order valence-corrected chi connectivity index (χ0v) is 14.3. The molecule has 1 saturated heterocycles. The maximum atomic E-state index is 12.1. The summed E-state index contributed by atoms with van der Waals surface area (Å²) in [6.45, 7) is 2.92. The van der Waals surface area contributed by atoms with E-state index in [-0.39, 0.29) is 30.4 Å². The summed E-state index contributed by atoms with van der Waals surface area (Å²) in [6, 6.07) is 5.46. The molecule has 1 heterocycles. The highest BCUT2D eigenvalue weighted by molar-refractivity contribution is 6.35. The van der Waals surface area contributed by atoms with Gasteiger partial charge in [-0.25, -0.2) is 0 Å². The second-order valence-corrected chi connectivity index (χ2v) is 6.20. The summed E-state index contributed by atoms with van der Waals surface area (Å²) >= 11 is 12.0. The molecule has 1 fully saturated rings. The first-order valence-corrected chi connectivity index (χ1v) is 7.79. The smallest absolute Gasteiger partial charge is 0.237 e. The number of benzene rings is 1. The van der Waals surface area contributed by atoms with E-state index in [2.05, 4.69) is 10.6 Å². The number of carbonyl (C=O) groups is 1. The van der Waals surface area contributed by atoms with Crippen LogP contribution in [0.1, 0.15) is 31.7 Å². The Morgan fingerprint density at radius 2 is 2.19 bits per heavy atom. The average molecular weight is 352 g/mol. The summed E-state index contributed by atoms with van der Waals surface area (Å²) in [5, 5.41) is 7.57. The van der Waals surface area contributed by atoms with E-state index in [1.54, 1.807) is 6.07 Å². The first-order chi connectivity index (χ1) is 9.56. The van der Waals surface area contributed by atoms with Gasteiger partial charge in [0.05, 0.1) is 6.04 Å². The van der Waals surface area contributed by atoms with E-state index in [1.807, 2.05) is 19.1 Å². The van der Waals surface area contributed by atoms with Crippen LogP contribution in [0, 0.1) is 0 Å². The van der Waals surface area contributed by atoms with Crippen LogP contribution in [0.15, 0.2) is 18.2 Å². The maximum absolute atomic E-state index is 12.1. The third-order valence-electron chi connectivity index (χ3n) is 3.56. The Hall–Kier alpha value is -0.480. The number of hydrogen-bond donors (Lipinski definition) is 2. The minimum atomic E-state index is -0.0492. The molecule has 2 atom stereocenters. The number of hydrogen-bond acceptors (Lipinski definition) is 2. The Bertz CT molecular complexity index is 476. The molecule has 1 amide bonds. The standard InChI is InChI=1S/C15H20Cl2N2O.ClH/c1-10(8-11-5-6-12(16)9-13(11)17)19-15(20)14-4-2-3-7-18-14;/h5-6,9-10,14,18H,2-4,7-8H2,1H3,(H,19,20);1H. The summed E-state index contributed by atoms with van der Waals surface area (Å²) in [5.74, 6) is 0.0854. The number of halogens is 3. The minimum Gasteiger partial charge on any atom is -0.352 e. The van der Waals surface area contributed by atoms with Crippen molar-refractivity contribution in [3.8, 4) is 0 Å². The molecule has 1 aromatic carbocycles. The van der Waals surface area contributed by atoms with E-state index in [4.69, 9.17) is 23.2 Å². The fourth-order valence-corrected chi connectivity index (χ4v) is 2.97. The van der Waals surface area contributed by atoms with Crippen molar-refractivity contribution in [2.45, 2.75) is 44.7 Å². The molecule has 0 aliphatic carbocycles. The third-order valence-corrected chi connectivity index (χ3v) is 4.14. The second kappa shape index (κ2) is 8.84. The maximum Gasteiger partial charge on any atom is 0.237 e. The van der Waals surface area contributed by atoms with Gasteiger partial charge in [0, 0.05) is 16.1 Å². The Balaban J connectivity index is 0.00000220. The van der Waals surface area contributed by atoms with Gasteiger partial charge in [-0.15, -0.1) is 12.4 Å². The molecule has 118 valence electrons. The van der Waals surface area contributed by atoms with Gasteiger partial charge in [0.2, 0.25) is 5.91 Å². The molecule has 2 unspecified atom stereocenters.